The molecular weight excluding hydrogens is 275 g/mol. The molecule has 0 atom stereocenters. The molecule has 1 aliphatic heterocycles. The summed E-state index contributed by atoms with van der Waals surface area (Å²) in [6, 6.07) is 7.69. The first-order valence-corrected chi connectivity index (χ1v) is 5.87. The standard InChI is InChI=1S/C11H12BrFN2O/c12-10-3-1-9(2-4-10)11-14-15(6-5-13)7-8-16-11/h1-4H,5-8H2. The molecule has 0 saturated heterocycles. The highest BCUT2D eigenvalue weighted by molar-refractivity contribution is 9.10. The van der Waals surface area contributed by atoms with Gasteiger partial charge < -0.3 is 4.74 Å². The van der Waals surface area contributed by atoms with Gasteiger partial charge >= 0.3 is 0 Å². The highest BCUT2D eigenvalue weighted by Crippen LogP contribution is 2.13. The van der Waals surface area contributed by atoms with Gasteiger partial charge in [-0.05, 0) is 24.3 Å². The summed E-state index contributed by atoms with van der Waals surface area (Å²) in [5.41, 5.74) is 0.909. The fraction of sp³-hybridized carbons (Fsp3) is 0.364. The first kappa shape index (κ1) is 11.4. The Morgan fingerprint density at radius 3 is 2.81 bits per heavy atom. The first-order valence-electron chi connectivity index (χ1n) is 5.08. The fourth-order valence-electron chi connectivity index (χ4n) is 1.45. The topological polar surface area (TPSA) is 24.8 Å². The highest BCUT2D eigenvalue weighted by Gasteiger charge is 2.14. The molecule has 86 valence electrons. The molecule has 0 aliphatic carbocycles. The van der Waals surface area contributed by atoms with Crippen molar-refractivity contribution in [2.75, 3.05) is 26.4 Å². The zero-order valence-corrected chi connectivity index (χ0v) is 10.3. The molecule has 1 aliphatic rings. The fourth-order valence-corrected chi connectivity index (χ4v) is 1.71. The van der Waals surface area contributed by atoms with Crippen LogP contribution in [0.4, 0.5) is 4.39 Å². The van der Waals surface area contributed by atoms with E-state index in [4.69, 9.17) is 4.74 Å². The van der Waals surface area contributed by atoms with Crippen LogP contribution < -0.4 is 0 Å². The predicted molar refractivity (Wildman–Crippen MR) is 64.2 cm³/mol. The molecule has 5 heteroatoms. The average Bonchev–Trinajstić information content (AvgIpc) is 2.31. The van der Waals surface area contributed by atoms with Gasteiger partial charge in [0, 0.05) is 10.0 Å². The third-order valence-corrected chi connectivity index (χ3v) is 2.78. The van der Waals surface area contributed by atoms with E-state index in [0.29, 0.717) is 25.6 Å². The zero-order chi connectivity index (χ0) is 11.4. The molecule has 0 fully saturated rings. The lowest BCUT2D eigenvalue weighted by Crippen LogP contribution is -2.32. The number of hydrogen-bond donors (Lipinski definition) is 0. The van der Waals surface area contributed by atoms with Crippen molar-refractivity contribution in [1.82, 2.24) is 5.01 Å². The average molecular weight is 287 g/mol. The number of halogens is 2. The van der Waals surface area contributed by atoms with E-state index < -0.39 is 6.67 Å². The van der Waals surface area contributed by atoms with Crippen LogP contribution in [0.15, 0.2) is 33.8 Å². The molecule has 0 bridgehead atoms. The molecule has 0 spiro atoms. The molecule has 0 saturated carbocycles. The number of ether oxygens (including phenoxy) is 1. The van der Waals surface area contributed by atoms with E-state index in [1.807, 2.05) is 24.3 Å². The molecule has 3 nitrogen and oxygen atoms in total. The summed E-state index contributed by atoms with van der Waals surface area (Å²) in [7, 11) is 0. The summed E-state index contributed by atoms with van der Waals surface area (Å²) in [4.78, 5) is 0. The molecule has 1 aromatic rings. The van der Waals surface area contributed by atoms with Crippen molar-refractivity contribution in [2.24, 2.45) is 5.10 Å². The Morgan fingerprint density at radius 2 is 2.12 bits per heavy atom. The smallest absolute Gasteiger partial charge is 0.238 e. The maximum atomic E-state index is 12.2. The number of nitrogens with zero attached hydrogens (tertiary/aromatic N) is 2. The van der Waals surface area contributed by atoms with Gasteiger partial charge in [-0.3, -0.25) is 5.01 Å². The molecule has 1 aromatic carbocycles. The molecule has 0 N–H and O–H groups in total. The van der Waals surface area contributed by atoms with Crippen molar-refractivity contribution < 1.29 is 9.13 Å². The van der Waals surface area contributed by atoms with Gasteiger partial charge in [-0.2, -0.15) is 0 Å². The molecule has 0 amide bonds. The van der Waals surface area contributed by atoms with Crippen molar-refractivity contribution in [1.29, 1.82) is 0 Å². The van der Waals surface area contributed by atoms with Crippen LogP contribution >= 0.6 is 15.9 Å². The van der Waals surface area contributed by atoms with Crippen LogP contribution in [-0.4, -0.2) is 37.3 Å². The van der Waals surface area contributed by atoms with Gasteiger partial charge in [-0.15, -0.1) is 5.10 Å². The Balaban J connectivity index is 2.16. The van der Waals surface area contributed by atoms with E-state index >= 15 is 0 Å². The summed E-state index contributed by atoms with van der Waals surface area (Å²) >= 11 is 3.37. The van der Waals surface area contributed by atoms with Crippen molar-refractivity contribution in [3.8, 4) is 0 Å². The summed E-state index contributed by atoms with van der Waals surface area (Å²) < 4.78 is 18.7. The van der Waals surface area contributed by atoms with Crippen LogP contribution in [0.25, 0.3) is 0 Å². The number of hydrogen-bond acceptors (Lipinski definition) is 3. The van der Waals surface area contributed by atoms with Crippen LogP contribution in [0.1, 0.15) is 5.56 Å². The molecule has 0 radical (unpaired) electrons. The molecule has 0 aromatic heterocycles. The Morgan fingerprint density at radius 1 is 1.38 bits per heavy atom. The number of alkyl halides is 1. The van der Waals surface area contributed by atoms with E-state index in [2.05, 4.69) is 21.0 Å². The third kappa shape index (κ3) is 2.72. The lowest BCUT2D eigenvalue weighted by atomic mass is 10.2. The minimum Gasteiger partial charge on any atom is -0.474 e. The number of rotatable bonds is 3. The normalized spacial score (nSPS) is 15.6. The molecule has 16 heavy (non-hydrogen) atoms. The maximum absolute atomic E-state index is 12.2. The maximum Gasteiger partial charge on any atom is 0.238 e. The van der Waals surface area contributed by atoms with Crippen LogP contribution in [0.3, 0.4) is 0 Å². The van der Waals surface area contributed by atoms with Gasteiger partial charge in [0.2, 0.25) is 5.90 Å². The molecule has 1 heterocycles. The van der Waals surface area contributed by atoms with Crippen molar-refractivity contribution in [3.05, 3.63) is 34.3 Å². The van der Waals surface area contributed by atoms with Crippen molar-refractivity contribution in [2.45, 2.75) is 0 Å². The Hall–Kier alpha value is -1.10. The quantitative estimate of drug-likeness (QED) is 0.853. The van der Waals surface area contributed by atoms with Crippen LogP contribution in [0.2, 0.25) is 0 Å². The summed E-state index contributed by atoms with van der Waals surface area (Å²) in [5, 5.41) is 5.94. The van der Waals surface area contributed by atoms with Gasteiger partial charge in [-0.25, -0.2) is 4.39 Å². The van der Waals surface area contributed by atoms with Gasteiger partial charge in [0.1, 0.15) is 13.3 Å². The number of benzene rings is 1. The summed E-state index contributed by atoms with van der Waals surface area (Å²) in [6.45, 7) is 1.12. The predicted octanol–water partition coefficient (Wildman–Crippen LogP) is 2.41. The van der Waals surface area contributed by atoms with E-state index in [0.717, 1.165) is 10.0 Å². The summed E-state index contributed by atoms with van der Waals surface area (Å²) in [6.07, 6.45) is 0. The lowest BCUT2D eigenvalue weighted by Gasteiger charge is -2.24. The second-order valence-electron chi connectivity index (χ2n) is 3.40. The van der Waals surface area contributed by atoms with E-state index in [9.17, 15) is 4.39 Å². The lowest BCUT2D eigenvalue weighted by molar-refractivity contribution is 0.159. The molecule has 2 rings (SSSR count). The highest BCUT2D eigenvalue weighted by atomic mass is 79.9. The van der Waals surface area contributed by atoms with Gasteiger partial charge in [-0.1, -0.05) is 15.9 Å². The van der Waals surface area contributed by atoms with Crippen LogP contribution in [0.5, 0.6) is 0 Å². The Bertz CT molecular complexity index is 380. The largest absolute Gasteiger partial charge is 0.474 e. The third-order valence-electron chi connectivity index (χ3n) is 2.25. The second-order valence-corrected chi connectivity index (χ2v) is 4.32. The van der Waals surface area contributed by atoms with Gasteiger partial charge in [0.15, 0.2) is 0 Å². The second kappa shape index (κ2) is 5.30. The van der Waals surface area contributed by atoms with Gasteiger partial charge in [0.05, 0.1) is 13.1 Å². The molecular formula is C11H12BrFN2O. The Labute approximate surface area is 102 Å². The zero-order valence-electron chi connectivity index (χ0n) is 8.70. The van der Waals surface area contributed by atoms with Gasteiger partial charge in [0.25, 0.3) is 0 Å². The van der Waals surface area contributed by atoms with E-state index in [1.165, 1.54) is 0 Å². The first-order chi connectivity index (χ1) is 7.79. The summed E-state index contributed by atoms with van der Waals surface area (Å²) in [5.74, 6) is 0.562. The van der Waals surface area contributed by atoms with Crippen LogP contribution in [0, 0.1) is 0 Å². The van der Waals surface area contributed by atoms with E-state index in [-0.39, 0.29) is 0 Å². The minimum atomic E-state index is -0.392. The van der Waals surface area contributed by atoms with Crippen LogP contribution in [-0.2, 0) is 4.74 Å². The Kier molecular flexibility index (Phi) is 3.77. The van der Waals surface area contributed by atoms with E-state index in [1.54, 1.807) is 5.01 Å². The van der Waals surface area contributed by atoms with Crippen molar-refractivity contribution in [3.63, 3.8) is 0 Å². The SMILES string of the molecule is FCCN1CCOC(c2ccc(Br)cc2)=N1. The minimum absolute atomic E-state index is 0.323. The molecule has 0 unspecified atom stereocenters. The number of hydrazone groups is 1. The van der Waals surface area contributed by atoms with Crippen molar-refractivity contribution >= 4 is 21.8 Å². The monoisotopic (exact) mass is 286 g/mol.